The lowest BCUT2D eigenvalue weighted by molar-refractivity contribution is -0.117. The predicted octanol–water partition coefficient (Wildman–Crippen LogP) is 0.919. The average molecular weight is 280 g/mol. The molecule has 0 aliphatic carbocycles. The Bertz CT molecular complexity index is 435. The topological polar surface area (TPSA) is 72.8 Å². The SMILES string of the molecule is Cc1cccc(NC(=O)CN(CCO)CCCO)c1C. The van der Waals surface area contributed by atoms with Gasteiger partial charge in [0.25, 0.3) is 0 Å². The molecule has 20 heavy (non-hydrogen) atoms. The van der Waals surface area contributed by atoms with Gasteiger partial charge in [-0.2, -0.15) is 0 Å². The molecule has 5 nitrogen and oxygen atoms in total. The normalized spacial score (nSPS) is 10.8. The fourth-order valence-electron chi connectivity index (χ4n) is 1.98. The minimum absolute atomic E-state index is 0.00216. The zero-order valence-electron chi connectivity index (χ0n) is 12.2. The van der Waals surface area contributed by atoms with Crippen LogP contribution in [0.5, 0.6) is 0 Å². The lowest BCUT2D eigenvalue weighted by Gasteiger charge is -2.20. The van der Waals surface area contributed by atoms with E-state index in [2.05, 4.69) is 5.32 Å². The van der Waals surface area contributed by atoms with E-state index in [1.165, 1.54) is 0 Å². The Morgan fingerprint density at radius 3 is 2.60 bits per heavy atom. The summed E-state index contributed by atoms with van der Waals surface area (Å²) in [6.45, 7) is 5.31. The highest BCUT2D eigenvalue weighted by molar-refractivity contribution is 5.93. The van der Waals surface area contributed by atoms with E-state index in [4.69, 9.17) is 10.2 Å². The molecule has 1 rings (SSSR count). The van der Waals surface area contributed by atoms with Crippen molar-refractivity contribution in [1.29, 1.82) is 0 Å². The van der Waals surface area contributed by atoms with Crippen molar-refractivity contribution in [1.82, 2.24) is 4.90 Å². The zero-order valence-corrected chi connectivity index (χ0v) is 12.2. The van der Waals surface area contributed by atoms with Crippen molar-refractivity contribution in [2.45, 2.75) is 20.3 Å². The lowest BCUT2D eigenvalue weighted by Crippen LogP contribution is -2.36. The van der Waals surface area contributed by atoms with E-state index < -0.39 is 0 Å². The number of aliphatic hydroxyl groups is 2. The molecule has 0 fully saturated rings. The molecule has 0 spiro atoms. The first-order valence-corrected chi connectivity index (χ1v) is 6.88. The third-order valence-electron chi connectivity index (χ3n) is 3.29. The number of aliphatic hydroxyl groups excluding tert-OH is 2. The van der Waals surface area contributed by atoms with Gasteiger partial charge in [0.15, 0.2) is 0 Å². The number of carbonyl (C=O) groups excluding carboxylic acids is 1. The second-order valence-electron chi connectivity index (χ2n) is 4.87. The number of nitrogens with zero attached hydrogens (tertiary/aromatic N) is 1. The van der Waals surface area contributed by atoms with Gasteiger partial charge in [-0.05, 0) is 37.5 Å². The molecule has 0 radical (unpaired) electrons. The Kier molecular flexibility index (Phi) is 7.22. The van der Waals surface area contributed by atoms with Crippen molar-refractivity contribution in [3.8, 4) is 0 Å². The highest BCUT2D eigenvalue weighted by Gasteiger charge is 2.11. The lowest BCUT2D eigenvalue weighted by atomic mass is 10.1. The Balaban J connectivity index is 2.58. The molecule has 1 aromatic rings. The second-order valence-corrected chi connectivity index (χ2v) is 4.87. The summed E-state index contributed by atoms with van der Waals surface area (Å²) in [5, 5.41) is 20.7. The summed E-state index contributed by atoms with van der Waals surface area (Å²) in [7, 11) is 0. The molecule has 1 aromatic carbocycles. The molecule has 0 aromatic heterocycles. The summed E-state index contributed by atoms with van der Waals surface area (Å²) in [5.41, 5.74) is 3.02. The van der Waals surface area contributed by atoms with E-state index >= 15 is 0 Å². The molecule has 0 saturated carbocycles. The number of hydrogen-bond donors (Lipinski definition) is 3. The van der Waals surface area contributed by atoms with Gasteiger partial charge in [-0.15, -0.1) is 0 Å². The summed E-state index contributed by atoms with van der Waals surface area (Å²) in [6.07, 6.45) is 0.594. The third-order valence-corrected chi connectivity index (χ3v) is 3.29. The van der Waals surface area contributed by atoms with Crippen molar-refractivity contribution >= 4 is 11.6 Å². The summed E-state index contributed by atoms with van der Waals surface area (Å²) in [6, 6.07) is 5.80. The minimum atomic E-state index is -0.106. The van der Waals surface area contributed by atoms with E-state index in [0.29, 0.717) is 19.5 Å². The smallest absolute Gasteiger partial charge is 0.238 e. The van der Waals surface area contributed by atoms with Crippen LogP contribution in [0, 0.1) is 13.8 Å². The van der Waals surface area contributed by atoms with Crippen LogP contribution in [-0.2, 0) is 4.79 Å². The van der Waals surface area contributed by atoms with Crippen molar-refractivity contribution in [2.75, 3.05) is 38.2 Å². The maximum Gasteiger partial charge on any atom is 0.238 e. The summed E-state index contributed by atoms with van der Waals surface area (Å²) in [5.74, 6) is -0.106. The fraction of sp³-hybridized carbons (Fsp3) is 0.533. The van der Waals surface area contributed by atoms with E-state index in [9.17, 15) is 4.79 Å². The van der Waals surface area contributed by atoms with Gasteiger partial charge in [-0.3, -0.25) is 9.69 Å². The van der Waals surface area contributed by atoms with Crippen molar-refractivity contribution < 1.29 is 15.0 Å². The molecular weight excluding hydrogens is 256 g/mol. The van der Waals surface area contributed by atoms with Gasteiger partial charge in [0, 0.05) is 25.4 Å². The standard InChI is InChI=1S/C15H24N2O3/c1-12-5-3-6-14(13(12)2)16-15(20)11-17(8-10-19)7-4-9-18/h3,5-6,18-19H,4,7-11H2,1-2H3,(H,16,20). The Morgan fingerprint density at radius 2 is 1.95 bits per heavy atom. The molecule has 0 unspecified atom stereocenters. The van der Waals surface area contributed by atoms with Gasteiger partial charge < -0.3 is 15.5 Å². The highest BCUT2D eigenvalue weighted by atomic mass is 16.3. The van der Waals surface area contributed by atoms with E-state index in [0.717, 1.165) is 16.8 Å². The Morgan fingerprint density at radius 1 is 1.20 bits per heavy atom. The summed E-state index contributed by atoms with van der Waals surface area (Å²) in [4.78, 5) is 13.9. The number of rotatable bonds is 8. The number of benzene rings is 1. The van der Waals surface area contributed by atoms with Gasteiger partial charge >= 0.3 is 0 Å². The van der Waals surface area contributed by atoms with Crippen molar-refractivity contribution in [2.24, 2.45) is 0 Å². The summed E-state index contributed by atoms with van der Waals surface area (Å²) < 4.78 is 0. The third kappa shape index (κ3) is 5.28. The van der Waals surface area contributed by atoms with Crippen molar-refractivity contribution in [3.05, 3.63) is 29.3 Å². The van der Waals surface area contributed by atoms with Crippen LogP contribution in [-0.4, -0.2) is 53.9 Å². The van der Waals surface area contributed by atoms with Gasteiger partial charge in [0.1, 0.15) is 0 Å². The number of amides is 1. The first-order chi connectivity index (χ1) is 9.58. The molecular formula is C15H24N2O3. The largest absolute Gasteiger partial charge is 0.396 e. The molecule has 0 aliphatic rings. The van der Waals surface area contributed by atoms with Gasteiger partial charge in [0.05, 0.1) is 13.2 Å². The van der Waals surface area contributed by atoms with Crippen LogP contribution >= 0.6 is 0 Å². The number of hydrogen-bond acceptors (Lipinski definition) is 4. The molecule has 3 N–H and O–H groups in total. The number of anilines is 1. The van der Waals surface area contributed by atoms with Crippen LogP contribution in [0.3, 0.4) is 0 Å². The number of carbonyl (C=O) groups is 1. The maximum atomic E-state index is 12.0. The predicted molar refractivity (Wildman–Crippen MR) is 79.8 cm³/mol. The molecule has 0 atom stereocenters. The molecule has 0 saturated heterocycles. The fourth-order valence-corrected chi connectivity index (χ4v) is 1.98. The monoisotopic (exact) mass is 280 g/mol. The van der Waals surface area contributed by atoms with Crippen LogP contribution in [0.2, 0.25) is 0 Å². The van der Waals surface area contributed by atoms with Gasteiger partial charge in [-0.25, -0.2) is 0 Å². The first-order valence-electron chi connectivity index (χ1n) is 6.88. The first kappa shape index (κ1) is 16.6. The van der Waals surface area contributed by atoms with E-state index in [1.54, 1.807) is 0 Å². The molecule has 112 valence electrons. The molecule has 0 aliphatic heterocycles. The highest BCUT2D eigenvalue weighted by Crippen LogP contribution is 2.17. The van der Waals surface area contributed by atoms with E-state index in [1.807, 2.05) is 36.9 Å². The second kappa shape index (κ2) is 8.68. The van der Waals surface area contributed by atoms with Crippen molar-refractivity contribution in [3.63, 3.8) is 0 Å². The molecule has 0 heterocycles. The molecule has 0 bridgehead atoms. The molecule has 1 amide bonds. The maximum absolute atomic E-state index is 12.0. The summed E-state index contributed by atoms with van der Waals surface area (Å²) >= 11 is 0. The Hall–Kier alpha value is -1.43. The quantitative estimate of drug-likeness (QED) is 0.662. The van der Waals surface area contributed by atoms with Gasteiger partial charge in [0.2, 0.25) is 5.91 Å². The van der Waals surface area contributed by atoms with Crippen LogP contribution in [0.15, 0.2) is 18.2 Å². The number of aryl methyl sites for hydroxylation is 1. The minimum Gasteiger partial charge on any atom is -0.396 e. The van der Waals surface area contributed by atoms with Crippen LogP contribution in [0.1, 0.15) is 17.5 Å². The van der Waals surface area contributed by atoms with Gasteiger partial charge in [-0.1, -0.05) is 12.1 Å². The average Bonchev–Trinajstić information content (AvgIpc) is 2.41. The number of nitrogens with one attached hydrogen (secondary N) is 1. The molecule has 5 heteroatoms. The van der Waals surface area contributed by atoms with Crippen LogP contribution in [0.4, 0.5) is 5.69 Å². The van der Waals surface area contributed by atoms with Crippen LogP contribution < -0.4 is 5.32 Å². The Labute approximate surface area is 120 Å². The van der Waals surface area contributed by atoms with E-state index in [-0.39, 0.29) is 25.7 Å². The van der Waals surface area contributed by atoms with Crippen LogP contribution in [0.25, 0.3) is 0 Å². The zero-order chi connectivity index (χ0) is 15.0.